The molecule has 0 radical (unpaired) electrons. The van der Waals surface area contributed by atoms with Gasteiger partial charge in [0.05, 0.1) is 5.56 Å². The number of hydrogen-bond donors (Lipinski definition) is 2. The predicted octanol–water partition coefficient (Wildman–Crippen LogP) is 3.12. The molecule has 0 aromatic heterocycles. The number of carboxylic acids is 1. The van der Waals surface area contributed by atoms with Gasteiger partial charge in [-0.3, -0.25) is 0 Å². The fraction of sp³-hybridized carbons (Fsp3) is 0.462. The van der Waals surface area contributed by atoms with Crippen molar-refractivity contribution in [2.75, 3.05) is 5.32 Å². The molecule has 2 rings (SSSR count). The van der Waals surface area contributed by atoms with Gasteiger partial charge >= 0.3 is 5.97 Å². The second-order valence-corrected chi connectivity index (χ2v) is 4.66. The third kappa shape index (κ3) is 2.57. The molecule has 1 aromatic carbocycles. The first kappa shape index (κ1) is 11.9. The van der Waals surface area contributed by atoms with Crippen LogP contribution in [0.2, 0.25) is 0 Å². The molecule has 0 spiro atoms. The monoisotopic (exact) mass is 237 g/mol. The quantitative estimate of drug-likeness (QED) is 0.849. The molecule has 4 heteroatoms. The van der Waals surface area contributed by atoms with E-state index < -0.39 is 11.8 Å². The first-order valence-electron chi connectivity index (χ1n) is 5.87. The molecule has 0 bridgehead atoms. The van der Waals surface area contributed by atoms with Crippen LogP contribution in [0.5, 0.6) is 0 Å². The Morgan fingerprint density at radius 2 is 2.24 bits per heavy atom. The Morgan fingerprint density at radius 3 is 2.82 bits per heavy atom. The number of carbonyl (C=O) groups is 1. The van der Waals surface area contributed by atoms with Crippen LogP contribution < -0.4 is 5.32 Å². The summed E-state index contributed by atoms with van der Waals surface area (Å²) in [6.07, 6.45) is 3.46. The van der Waals surface area contributed by atoms with E-state index in [1.165, 1.54) is 25.0 Å². The highest BCUT2D eigenvalue weighted by Crippen LogP contribution is 2.28. The van der Waals surface area contributed by atoms with Crippen molar-refractivity contribution in [2.24, 2.45) is 5.92 Å². The van der Waals surface area contributed by atoms with Gasteiger partial charge in [0.15, 0.2) is 0 Å². The van der Waals surface area contributed by atoms with Gasteiger partial charge in [0, 0.05) is 11.7 Å². The van der Waals surface area contributed by atoms with E-state index in [9.17, 15) is 9.18 Å². The lowest BCUT2D eigenvalue weighted by Gasteiger charge is -2.19. The minimum atomic E-state index is -1.23. The van der Waals surface area contributed by atoms with E-state index in [-0.39, 0.29) is 5.56 Å². The second-order valence-electron chi connectivity index (χ2n) is 4.66. The van der Waals surface area contributed by atoms with E-state index in [2.05, 4.69) is 12.2 Å². The summed E-state index contributed by atoms with van der Waals surface area (Å²) >= 11 is 0. The minimum absolute atomic E-state index is 0.277. The van der Waals surface area contributed by atoms with Crippen molar-refractivity contribution in [1.82, 2.24) is 0 Å². The maximum absolute atomic E-state index is 13.2. The SMILES string of the molecule is CC1CCCC1Nc1ccc(F)c(C(=O)O)c1. The van der Waals surface area contributed by atoms with E-state index in [0.717, 1.165) is 6.42 Å². The zero-order valence-electron chi connectivity index (χ0n) is 9.74. The van der Waals surface area contributed by atoms with Gasteiger partial charge in [-0.15, -0.1) is 0 Å². The van der Waals surface area contributed by atoms with Gasteiger partial charge in [0.25, 0.3) is 0 Å². The standard InChI is InChI=1S/C13H16FNO2/c1-8-3-2-4-12(8)15-9-5-6-11(14)10(7-9)13(16)17/h5-8,12,15H,2-4H2,1H3,(H,16,17). The van der Waals surface area contributed by atoms with Crippen molar-refractivity contribution < 1.29 is 14.3 Å². The zero-order valence-corrected chi connectivity index (χ0v) is 9.74. The van der Waals surface area contributed by atoms with E-state index in [1.807, 2.05) is 0 Å². The molecule has 0 saturated heterocycles. The van der Waals surface area contributed by atoms with E-state index in [1.54, 1.807) is 6.07 Å². The van der Waals surface area contributed by atoms with Crippen LogP contribution in [0.4, 0.5) is 10.1 Å². The number of benzene rings is 1. The Hall–Kier alpha value is -1.58. The summed E-state index contributed by atoms with van der Waals surface area (Å²) < 4.78 is 13.2. The summed E-state index contributed by atoms with van der Waals surface area (Å²) in [4.78, 5) is 10.8. The second kappa shape index (κ2) is 4.73. The van der Waals surface area contributed by atoms with Crippen molar-refractivity contribution in [3.05, 3.63) is 29.6 Å². The van der Waals surface area contributed by atoms with Gasteiger partial charge in [-0.1, -0.05) is 13.3 Å². The molecule has 2 atom stereocenters. The van der Waals surface area contributed by atoms with Crippen molar-refractivity contribution in [1.29, 1.82) is 0 Å². The van der Waals surface area contributed by atoms with Gasteiger partial charge in [0.1, 0.15) is 5.82 Å². The molecular weight excluding hydrogens is 221 g/mol. The van der Waals surface area contributed by atoms with Gasteiger partial charge in [-0.2, -0.15) is 0 Å². The Balaban J connectivity index is 2.16. The van der Waals surface area contributed by atoms with Gasteiger partial charge in [-0.05, 0) is 37.0 Å². The minimum Gasteiger partial charge on any atom is -0.478 e. The third-order valence-corrected chi connectivity index (χ3v) is 3.41. The highest BCUT2D eigenvalue weighted by Gasteiger charge is 2.23. The van der Waals surface area contributed by atoms with Crippen LogP contribution in [0.15, 0.2) is 18.2 Å². The predicted molar refractivity (Wildman–Crippen MR) is 63.8 cm³/mol. The van der Waals surface area contributed by atoms with Crippen LogP contribution in [-0.4, -0.2) is 17.1 Å². The van der Waals surface area contributed by atoms with Crippen LogP contribution in [0.25, 0.3) is 0 Å². The van der Waals surface area contributed by atoms with Crippen LogP contribution >= 0.6 is 0 Å². The number of hydrogen-bond acceptors (Lipinski definition) is 2. The normalized spacial score (nSPS) is 23.6. The third-order valence-electron chi connectivity index (χ3n) is 3.41. The maximum Gasteiger partial charge on any atom is 0.338 e. The van der Waals surface area contributed by atoms with Gasteiger partial charge in [-0.25, -0.2) is 9.18 Å². The lowest BCUT2D eigenvalue weighted by molar-refractivity contribution is 0.0692. The number of rotatable bonds is 3. The van der Waals surface area contributed by atoms with Gasteiger partial charge < -0.3 is 10.4 Å². The Morgan fingerprint density at radius 1 is 1.47 bits per heavy atom. The lowest BCUT2D eigenvalue weighted by atomic mass is 10.1. The number of halogens is 1. The molecule has 92 valence electrons. The van der Waals surface area contributed by atoms with Crippen LogP contribution in [0, 0.1) is 11.7 Å². The van der Waals surface area contributed by atoms with Crippen LogP contribution in [0.3, 0.4) is 0 Å². The average Bonchev–Trinajstić information content (AvgIpc) is 2.67. The molecular formula is C13H16FNO2. The average molecular weight is 237 g/mol. The Kier molecular flexibility index (Phi) is 3.31. The topological polar surface area (TPSA) is 49.3 Å². The fourth-order valence-corrected chi connectivity index (χ4v) is 2.35. The zero-order chi connectivity index (χ0) is 12.4. The summed E-state index contributed by atoms with van der Waals surface area (Å²) in [5, 5.41) is 12.1. The first-order chi connectivity index (χ1) is 8.08. The highest BCUT2D eigenvalue weighted by molar-refractivity contribution is 5.89. The van der Waals surface area contributed by atoms with Crippen molar-refractivity contribution >= 4 is 11.7 Å². The number of anilines is 1. The number of aromatic carboxylic acids is 1. The fourth-order valence-electron chi connectivity index (χ4n) is 2.35. The lowest BCUT2D eigenvalue weighted by Crippen LogP contribution is -2.22. The number of nitrogens with one attached hydrogen (secondary N) is 1. The summed E-state index contributed by atoms with van der Waals surface area (Å²) in [5.41, 5.74) is 0.406. The summed E-state index contributed by atoms with van der Waals surface area (Å²) in [5.74, 6) is -1.35. The number of carboxylic acid groups (broad SMARTS) is 1. The summed E-state index contributed by atoms with van der Waals surface area (Å²) in [6, 6.07) is 4.52. The van der Waals surface area contributed by atoms with E-state index >= 15 is 0 Å². The largest absolute Gasteiger partial charge is 0.478 e. The van der Waals surface area contributed by atoms with E-state index in [0.29, 0.717) is 17.6 Å². The molecule has 2 N–H and O–H groups in total. The Labute approximate surface area is 99.7 Å². The summed E-state index contributed by atoms with van der Waals surface area (Å²) in [7, 11) is 0. The molecule has 1 fully saturated rings. The highest BCUT2D eigenvalue weighted by atomic mass is 19.1. The maximum atomic E-state index is 13.2. The van der Waals surface area contributed by atoms with E-state index in [4.69, 9.17) is 5.11 Å². The molecule has 0 heterocycles. The first-order valence-corrected chi connectivity index (χ1v) is 5.87. The Bertz CT molecular complexity index is 433. The van der Waals surface area contributed by atoms with Gasteiger partial charge in [0.2, 0.25) is 0 Å². The molecule has 3 nitrogen and oxygen atoms in total. The molecule has 1 aliphatic rings. The van der Waals surface area contributed by atoms with Crippen molar-refractivity contribution in [2.45, 2.75) is 32.2 Å². The molecule has 1 saturated carbocycles. The van der Waals surface area contributed by atoms with Crippen LogP contribution in [0.1, 0.15) is 36.5 Å². The smallest absolute Gasteiger partial charge is 0.338 e. The summed E-state index contributed by atoms with van der Waals surface area (Å²) in [6.45, 7) is 2.17. The molecule has 1 aromatic rings. The van der Waals surface area contributed by atoms with Crippen LogP contribution in [-0.2, 0) is 0 Å². The molecule has 1 aliphatic carbocycles. The molecule has 0 aliphatic heterocycles. The molecule has 0 amide bonds. The van der Waals surface area contributed by atoms with Crippen molar-refractivity contribution in [3.63, 3.8) is 0 Å². The molecule has 17 heavy (non-hydrogen) atoms. The van der Waals surface area contributed by atoms with Crippen molar-refractivity contribution in [3.8, 4) is 0 Å². The molecule has 2 unspecified atom stereocenters.